The van der Waals surface area contributed by atoms with Crippen molar-refractivity contribution in [1.29, 1.82) is 0 Å². The third-order valence-corrected chi connectivity index (χ3v) is 9.39. The van der Waals surface area contributed by atoms with Crippen molar-refractivity contribution in [3.05, 3.63) is 0 Å². The number of nitrogens with zero attached hydrogens (tertiary/aromatic N) is 1. The Morgan fingerprint density at radius 1 is 1.03 bits per heavy atom. The predicted molar refractivity (Wildman–Crippen MR) is 139 cm³/mol. The molecule has 0 aromatic carbocycles. The number of aliphatic hydroxyl groups is 1. The minimum Gasteiger partial charge on any atom is -0.389 e. The van der Waals surface area contributed by atoms with Gasteiger partial charge in [0, 0.05) is 26.2 Å². The zero-order valence-electron chi connectivity index (χ0n) is 22.5. The number of carbonyl (C=O) groups excluding carboxylic acids is 1. The van der Waals surface area contributed by atoms with Crippen LogP contribution in [0.25, 0.3) is 0 Å². The fraction of sp³-hybridized carbons (Fsp3) is 0.966. The molecular weight excluding hydrogens is 410 g/mol. The van der Waals surface area contributed by atoms with Gasteiger partial charge in [0.2, 0.25) is 0 Å². The van der Waals surface area contributed by atoms with E-state index in [-0.39, 0.29) is 12.4 Å². The largest absolute Gasteiger partial charge is 0.389 e. The second-order valence-corrected chi connectivity index (χ2v) is 11.6. The zero-order chi connectivity index (χ0) is 24.1. The van der Waals surface area contributed by atoms with Gasteiger partial charge in [0.25, 0.3) is 0 Å². The number of ether oxygens (including phenoxy) is 1. The summed E-state index contributed by atoms with van der Waals surface area (Å²) in [5.74, 6) is 2.43. The van der Waals surface area contributed by atoms with Crippen LogP contribution in [-0.2, 0) is 9.53 Å². The third-order valence-electron chi connectivity index (χ3n) is 9.39. The van der Waals surface area contributed by atoms with Crippen LogP contribution >= 0.6 is 0 Å². The number of hydrogen-bond donors (Lipinski definition) is 1. The van der Waals surface area contributed by atoms with E-state index in [0.717, 1.165) is 30.9 Å². The Morgan fingerprint density at radius 3 is 2.15 bits per heavy atom. The number of aliphatic hydroxyl groups excluding tert-OH is 1. The molecule has 1 atom stereocenters. The molecule has 1 N–H and O–H groups in total. The van der Waals surface area contributed by atoms with Crippen LogP contribution in [0.5, 0.6) is 0 Å². The minimum absolute atomic E-state index is 0.0389. The van der Waals surface area contributed by atoms with Crippen LogP contribution in [0.3, 0.4) is 0 Å². The van der Waals surface area contributed by atoms with Gasteiger partial charge < -0.3 is 14.7 Å². The van der Waals surface area contributed by atoms with E-state index in [4.69, 9.17) is 5.11 Å². The van der Waals surface area contributed by atoms with E-state index in [1.54, 1.807) is 7.11 Å². The number of rotatable bonds is 10. The highest BCUT2D eigenvalue weighted by molar-refractivity contribution is 5.79. The van der Waals surface area contributed by atoms with Crippen molar-refractivity contribution < 1.29 is 14.6 Å². The summed E-state index contributed by atoms with van der Waals surface area (Å²) in [6, 6.07) is 0.840. The van der Waals surface area contributed by atoms with Gasteiger partial charge in [0.15, 0.2) is 5.78 Å². The zero-order valence-corrected chi connectivity index (χ0v) is 22.5. The predicted octanol–water partition coefficient (Wildman–Crippen LogP) is 6.64. The summed E-state index contributed by atoms with van der Waals surface area (Å²) in [6.45, 7) is 9.95. The number of ketones is 1. The summed E-state index contributed by atoms with van der Waals surface area (Å²) in [5, 5.41) is 9.13. The molecule has 1 aliphatic heterocycles. The van der Waals surface area contributed by atoms with E-state index in [1.165, 1.54) is 96.6 Å². The number of carbonyl (C=O) groups is 1. The van der Waals surface area contributed by atoms with Crippen LogP contribution in [0.1, 0.15) is 117 Å². The molecule has 0 aromatic heterocycles. The maximum Gasteiger partial charge on any atom is 0.158 e. The highest BCUT2D eigenvalue weighted by atomic mass is 16.5. The Morgan fingerprint density at radius 2 is 1.64 bits per heavy atom. The topological polar surface area (TPSA) is 49.8 Å². The van der Waals surface area contributed by atoms with Gasteiger partial charge in [-0.25, -0.2) is 0 Å². The van der Waals surface area contributed by atoms with Crippen LogP contribution in [0.4, 0.5) is 0 Å². The van der Waals surface area contributed by atoms with Crippen molar-refractivity contribution in [3.8, 4) is 0 Å². The van der Waals surface area contributed by atoms with E-state index in [9.17, 15) is 4.79 Å². The molecule has 1 saturated heterocycles. The van der Waals surface area contributed by atoms with Gasteiger partial charge in [-0.3, -0.25) is 4.79 Å². The molecule has 2 saturated carbocycles. The molecule has 0 radical (unpaired) electrons. The third kappa shape index (κ3) is 9.98. The molecule has 0 bridgehead atoms. The summed E-state index contributed by atoms with van der Waals surface area (Å²) in [4.78, 5) is 14.5. The molecule has 4 nitrogen and oxygen atoms in total. The van der Waals surface area contributed by atoms with Crippen molar-refractivity contribution in [3.63, 3.8) is 0 Å². The average molecular weight is 466 g/mol. The van der Waals surface area contributed by atoms with E-state index in [0.29, 0.717) is 17.8 Å². The number of hydrogen-bond acceptors (Lipinski definition) is 4. The standard InChI is InChI=1S/C26H47NO2.C3H8O/c1-3-26(2)15-11-24(12-16-26)27-17-13-21(14-18-27)19-23(9-10-25(29)20-28)22-7-5-4-6-8-22;1-3-4-2/h21-24,28H,3-20H2,1-2H3;3H2,1-2H3. The Balaban J connectivity index is 0.000000890. The van der Waals surface area contributed by atoms with Crippen molar-refractivity contribution in [1.82, 2.24) is 4.90 Å². The number of methoxy groups -OCH3 is 1. The Kier molecular flexibility index (Phi) is 13.5. The van der Waals surface area contributed by atoms with Crippen molar-refractivity contribution in [2.45, 2.75) is 123 Å². The lowest BCUT2D eigenvalue weighted by Gasteiger charge is -2.44. The molecule has 1 unspecified atom stereocenters. The van der Waals surface area contributed by atoms with Gasteiger partial charge in [-0.1, -0.05) is 52.4 Å². The fourth-order valence-corrected chi connectivity index (χ4v) is 6.58. The number of piperidine rings is 1. The molecule has 0 spiro atoms. The highest BCUT2D eigenvalue weighted by Gasteiger charge is 2.34. The maximum atomic E-state index is 11.7. The van der Waals surface area contributed by atoms with Gasteiger partial charge >= 0.3 is 0 Å². The molecule has 194 valence electrons. The normalized spacial score (nSPS) is 28.7. The summed E-state index contributed by atoms with van der Waals surface area (Å²) in [5.41, 5.74) is 0.605. The molecular formula is C29H55NO3. The SMILES string of the molecule is CCC1(C)CCC(N2CCC(CC(CCC(=O)CO)C3CCCCC3)CC2)CC1.CCOC. The van der Waals surface area contributed by atoms with Gasteiger partial charge in [0.05, 0.1) is 0 Å². The summed E-state index contributed by atoms with van der Waals surface area (Å²) in [7, 11) is 1.68. The highest BCUT2D eigenvalue weighted by Crippen LogP contribution is 2.42. The molecule has 3 fully saturated rings. The molecule has 4 heteroatoms. The first-order valence-electron chi connectivity index (χ1n) is 14.3. The van der Waals surface area contributed by atoms with Gasteiger partial charge in [-0.05, 0) is 94.5 Å². The van der Waals surface area contributed by atoms with E-state index >= 15 is 0 Å². The molecule has 0 aromatic rings. The molecule has 1 heterocycles. The van der Waals surface area contributed by atoms with Crippen molar-refractivity contribution in [2.24, 2.45) is 23.2 Å². The summed E-state index contributed by atoms with van der Waals surface area (Å²) < 4.78 is 4.54. The van der Waals surface area contributed by atoms with Crippen LogP contribution in [-0.4, -0.2) is 55.2 Å². The molecule has 33 heavy (non-hydrogen) atoms. The maximum absolute atomic E-state index is 11.7. The van der Waals surface area contributed by atoms with Gasteiger partial charge in [-0.15, -0.1) is 0 Å². The Labute approximate surface area is 205 Å². The summed E-state index contributed by atoms with van der Waals surface area (Å²) >= 11 is 0. The lowest BCUT2D eigenvalue weighted by atomic mass is 9.71. The quantitative estimate of drug-likeness (QED) is 0.393. The molecule has 2 aliphatic carbocycles. The first-order valence-corrected chi connectivity index (χ1v) is 14.3. The molecule has 0 amide bonds. The smallest absolute Gasteiger partial charge is 0.158 e. The van der Waals surface area contributed by atoms with Crippen molar-refractivity contribution >= 4 is 5.78 Å². The Bertz CT molecular complexity index is 513. The van der Waals surface area contributed by atoms with Crippen LogP contribution in [0.15, 0.2) is 0 Å². The van der Waals surface area contributed by atoms with Crippen molar-refractivity contribution in [2.75, 3.05) is 33.4 Å². The van der Waals surface area contributed by atoms with Gasteiger partial charge in [0.1, 0.15) is 6.61 Å². The average Bonchev–Trinajstić information content (AvgIpc) is 2.88. The molecule has 3 rings (SSSR count). The van der Waals surface area contributed by atoms with Crippen LogP contribution in [0, 0.1) is 23.2 Å². The van der Waals surface area contributed by atoms with Crippen LogP contribution < -0.4 is 0 Å². The van der Waals surface area contributed by atoms with E-state index in [1.807, 2.05) is 6.92 Å². The number of Topliss-reactive ketones (excluding diaryl/α,β-unsaturated/α-hetero) is 1. The second kappa shape index (κ2) is 15.5. The lowest BCUT2D eigenvalue weighted by molar-refractivity contribution is -0.122. The first-order chi connectivity index (χ1) is 15.9. The van der Waals surface area contributed by atoms with E-state index < -0.39 is 0 Å². The fourth-order valence-electron chi connectivity index (χ4n) is 6.58. The monoisotopic (exact) mass is 465 g/mol. The summed E-state index contributed by atoms with van der Waals surface area (Å²) in [6.07, 6.45) is 19.5. The van der Waals surface area contributed by atoms with Gasteiger partial charge in [-0.2, -0.15) is 0 Å². The van der Waals surface area contributed by atoms with Crippen LogP contribution in [0.2, 0.25) is 0 Å². The Hall–Kier alpha value is -0.450. The molecule has 3 aliphatic rings. The van der Waals surface area contributed by atoms with E-state index in [2.05, 4.69) is 23.5 Å². The lowest BCUT2D eigenvalue weighted by Crippen LogP contribution is -2.44. The number of likely N-dealkylation sites (tertiary alicyclic amines) is 1. The second-order valence-electron chi connectivity index (χ2n) is 11.6. The minimum atomic E-state index is -0.270. The first kappa shape index (κ1) is 28.8.